The average Bonchev–Trinajstić information content (AvgIpc) is 3.11. The second-order valence-corrected chi connectivity index (χ2v) is 6.95. The first kappa shape index (κ1) is 22.5. The van der Waals surface area contributed by atoms with Crippen LogP contribution in [0.2, 0.25) is 5.02 Å². The van der Waals surface area contributed by atoms with E-state index in [0.717, 1.165) is 35.7 Å². The number of carbonyl (C=O) groups excluding carboxylic acids is 1. The van der Waals surface area contributed by atoms with Gasteiger partial charge in [0.15, 0.2) is 5.96 Å². The van der Waals surface area contributed by atoms with Gasteiger partial charge in [-0.2, -0.15) is 0 Å². The highest BCUT2D eigenvalue weighted by Gasteiger charge is 2.23. The lowest BCUT2D eigenvalue weighted by Gasteiger charge is -2.17. The van der Waals surface area contributed by atoms with E-state index in [-0.39, 0.29) is 29.9 Å². The van der Waals surface area contributed by atoms with Crippen LogP contribution in [0.25, 0.3) is 0 Å². The number of guanidine groups is 1. The van der Waals surface area contributed by atoms with Gasteiger partial charge in [-0.1, -0.05) is 41.9 Å². The Balaban J connectivity index is 0.00000280. The van der Waals surface area contributed by atoms with Gasteiger partial charge in [0, 0.05) is 43.8 Å². The van der Waals surface area contributed by atoms with Crippen molar-refractivity contribution >= 4 is 53.1 Å². The maximum Gasteiger partial charge on any atom is 0.227 e. The van der Waals surface area contributed by atoms with Crippen LogP contribution >= 0.6 is 35.6 Å². The molecule has 0 fully saturated rings. The van der Waals surface area contributed by atoms with Crippen molar-refractivity contribution in [3.63, 3.8) is 0 Å². The summed E-state index contributed by atoms with van der Waals surface area (Å²) in [5.41, 5.74) is 3.41. The molecule has 2 aromatic rings. The van der Waals surface area contributed by atoms with Crippen LogP contribution in [0.15, 0.2) is 53.5 Å². The maximum atomic E-state index is 12.5. The van der Waals surface area contributed by atoms with Crippen molar-refractivity contribution < 1.29 is 4.79 Å². The van der Waals surface area contributed by atoms with E-state index < -0.39 is 0 Å². The summed E-state index contributed by atoms with van der Waals surface area (Å²) >= 11 is 6.00. The summed E-state index contributed by atoms with van der Waals surface area (Å²) in [7, 11) is 1.74. The Bertz CT molecular complexity index is 828. The molecule has 1 amide bonds. The first-order chi connectivity index (χ1) is 13.2. The molecule has 0 aromatic heterocycles. The zero-order chi connectivity index (χ0) is 19.1. The third kappa shape index (κ3) is 6.10. The third-order valence-corrected chi connectivity index (χ3v) is 4.86. The van der Waals surface area contributed by atoms with Gasteiger partial charge < -0.3 is 15.5 Å². The molecule has 0 bridgehead atoms. The Morgan fingerprint density at radius 1 is 1.18 bits per heavy atom. The first-order valence-electron chi connectivity index (χ1n) is 9.24. The van der Waals surface area contributed by atoms with E-state index in [1.54, 1.807) is 7.05 Å². The molecule has 1 aliphatic heterocycles. The Labute approximate surface area is 188 Å². The van der Waals surface area contributed by atoms with Crippen LogP contribution in [0, 0.1) is 0 Å². The average molecular weight is 513 g/mol. The minimum Gasteiger partial charge on any atom is -0.356 e. The van der Waals surface area contributed by atoms with Crippen LogP contribution in [0.3, 0.4) is 0 Å². The van der Waals surface area contributed by atoms with Crippen molar-refractivity contribution in [1.29, 1.82) is 0 Å². The third-order valence-electron chi connectivity index (χ3n) is 4.62. The number of fused-ring (bicyclic) bond motifs is 1. The van der Waals surface area contributed by atoms with Crippen molar-refractivity contribution in [3.8, 4) is 0 Å². The highest BCUT2D eigenvalue weighted by molar-refractivity contribution is 14.0. The molecule has 150 valence electrons. The molecule has 0 saturated carbocycles. The van der Waals surface area contributed by atoms with E-state index in [2.05, 4.69) is 21.7 Å². The van der Waals surface area contributed by atoms with Gasteiger partial charge in [0.1, 0.15) is 0 Å². The predicted molar refractivity (Wildman–Crippen MR) is 127 cm³/mol. The summed E-state index contributed by atoms with van der Waals surface area (Å²) in [6.07, 6.45) is 2.22. The molecule has 0 aliphatic carbocycles. The van der Waals surface area contributed by atoms with Gasteiger partial charge >= 0.3 is 0 Å². The van der Waals surface area contributed by atoms with Crippen molar-refractivity contribution in [3.05, 3.63) is 64.7 Å². The summed E-state index contributed by atoms with van der Waals surface area (Å²) in [5, 5.41) is 7.23. The Morgan fingerprint density at radius 3 is 2.79 bits per heavy atom. The molecule has 0 spiro atoms. The quantitative estimate of drug-likeness (QED) is 0.266. The van der Waals surface area contributed by atoms with Crippen LogP contribution in [0.5, 0.6) is 0 Å². The fourth-order valence-corrected chi connectivity index (χ4v) is 3.44. The van der Waals surface area contributed by atoms with Crippen LogP contribution in [-0.2, 0) is 17.8 Å². The second-order valence-electron chi connectivity index (χ2n) is 6.51. The Morgan fingerprint density at radius 2 is 2.00 bits per heavy atom. The number of rotatable bonds is 6. The number of hydrogen-bond donors (Lipinski definition) is 2. The SMILES string of the molecule is CN=C(NCCCC(=O)N1CCc2ccccc21)NCc1cccc(Cl)c1.I. The van der Waals surface area contributed by atoms with Gasteiger partial charge in [-0.05, 0) is 42.2 Å². The van der Waals surface area contributed by atoms with Crippen molar-refractivity contribution in [2.75, 3.05) is 25.0 Å². The molecule has 0 unspecified atom stereocenters. The van der Waals surface area contributed by atoms with Gasteiger partial charge in [-0.25, -0.2) is 0 Å². The summed E-state index contributed by atoms with van der Waals surface area (Å²) in [6, 6.07) is 15.9. The van der Waals surface area contributed by atoms with E-state index in [1.807, 2.05) is 47.4 Å². The molecule has 0 saturated heterocycles. The normalized spacial score (nSPS) is 12.9. The number of aliphatic imine (C=N–C) groups is 1. The number of carbonyl (C=O) groups is 1. The molecular formula is C21H26ClIN4O. The molecule has 5 nitrogen and oxygen atoms in total. The molecular weight excluding hydrogens is 487 g/mol. The summed E-state index contributed by atoms with van der Waals surface area (Å²) < 4.78 is 0. The number of nitrogens with zero attached hydrogens (tertiary/aromatic N) is 2. The highest BCUT2D eigenvalue weighted by atomic mass is 127. The topological polar surface area (TPSA) is 56.7 Å². The minimum atomic E-state index is 0. The van der Waals surface area contributed by atoms with E-state index >= 15 is 0 Å². The van der Waals surface area contributed by atoms with E-state index in [0.29, 0.717) is 25.5 Å². The molecule has 28 heavy (non-hydrogen) atoms. The van der Waals surface area contributed by atoms with E-state index in [4.69, 9.17) is 11.6 Å². The van der Waals surface area contributed by atoms with Gasteiger partial charge in [-0.15, -0.1) is 24.0 Å². The molecule has 2 aromatic carbocycles. The van der Waals surface area contributed by atoms with Crippen LogP contribution in [-0.4, -0.2) is 32.0 Å². The van der Waals surface area contributed by atoms with Crippen LogP contribution in [0.4, 0.5) is 5.69 Å². The van der Waals surface area contributed by atoms with Gasteiger partial charge in [0.2, 0.25) is 5.91 Å². The van der Waals surface area contributed by atoms with Gasteiger partial charge in [0.05, 0.1) is 0 Å². The zero-order valence-electron chi connectivity index (χ0n) is 16.0. The molecule has 7 heteroatoms. The standard InChI is InChI=1S/C21H25ClN4O.HI/c1-23-21(25-15-16-6-4-8-18(22)14-16)24-12-5-10-20(27)26-13-11-17-7-2-3-9-19(17)26;/h2-4,6-9,14H,5,10-13,15H2,1H3,(H2,23,24,25);1H. The Hall–Kier alpha value is -1.80. The largest absolute Gasteiger partial charge is 0.356 e. The number of halogens is 2. The number of anilines is 1. The van der Waals surface area contributed by atoms with Crippen LogP contribution in [0.1, 0.15) is 24.0 Å². The number of para-hydroxylation sites is 1. The Kier molecular flexibility index (Phi) is 9.05. The number of amides is 1. The maximum absolute atomic E-state index is 12.5. The fraction of sp³-hybridized carbons (Fsp3) is 0.333. The molecule has 0 atom stereocenters. The van der Waals surface area contributed by atoms with Crippen molar-refractivity contribution in [2.45, 2.75) is 25.8 Å². The highest BCUT2D eigenvalue weighted by Crippen LogP contribution is 2.27. The lowest BCUT2D eigenvalue weighted by atomic mass is 10.2. The smallest absolute Gasteiger partial charge is 0.227 e. The van der Waals surface area contributed by atoms with Crippen molar-refractivity contribution in [2.24, 2.45) is 4.99 Å². The summed E-state index contributed by atoms with van der Waals surface area (Å²) in [4.78, 5) is 18.6. The molecule has 3 rings (SSSR count). The van der Waals surface area contributed by atoms with Gasteiger partial charge in [-0.3, -0.25) is 9.79 Å². The number of benzene rings is 2. The molecule has 1 heterocycles. The molecule has 1 aliphatic rings. The van der Waals surface area contributed by atoms with Crippen molar-refractivity contribution in [1.82, 2.24) is 10.6 Å². The summed E-state index contributed by atoms with van der Waals surface area (Å²) in [6.45, 7) is 2.12. The lowest BCUT2D eigenvalue weighted by molar-refractivity contribution is -0.118. The van der Waals surface area contributed by atoms with E-state index in [9.17, 15) is 4.79 Å². The van der Waals surface area contributed by atoms with Crippen LogP contribution < -0.4 is 15.5 Å². The fourth-order valence-electron chi connectivity index (χ4n) is 3.23. The first-order valence-corrected chi connectivity index (χ1v) is 9.62. The monoisotopic (exact) mass is 512 g/mol. The van der Waals surface area contributed by atoms with E-state index in [1.165, 1.54) is 5.56 Å². The molecule has 0 radical (unpaired) electrons. The summed E-state index contributed by atoms with van der Waals surface area (Å²) in [5.74, 6) is 0.901. The number of nitrogens with one attached hydrogen (secondary N) is 2. The van der Waals surface area contributed by atoms with Gasteiger partial charge in [0.25, 0.3) is 0 Å². The predicted octanol–water partition coefficient (Wildman–Crippen LogP) is 3.99. The molecule has 2 N–H and O–H groups in total. The lowest BCUT2D eigenvalue weighted by Crippen LogP contribution is -2.37. The minimum absolute atomic E-state index is 0. The second kappa shape index (κ2) is 11.3. The zero-order valence-corrected chi connectivity index (χ0v) is 19.0. The number of hydrogen-bond acceptors (Lipinski definition) is 2.